The van der Waals surface area contributed by atoms with Crippen LogP contribution >= 0.6 is 118 Å². The van der Waals surface area contributed by atoms with E-state index in [1.54, 1.807) is 0 Å². The average Bonchev–Trinajstić information content (AvgIpc) is 0.592. The molecule has 0 aromatic heterocycles. The van der Waals surface area contributed by atoms with Gasteiger partial charge < -0.3 is 18.5 Å². The fraction of sp³-hybridized carbons (Fsp3) is 0. The molecule has 0 heterocycles. The normalized spacial score (nSPS) is 16.2. The molecule has 10 heavy (non-hydrogen) atoms. The third kappa shape index (κ3) is 76.0. The Labute approximate surface area is 123 Å². The van der Waals surface area contributed by atoms with Gasteiger partial charge in [0.2, 0.25) is 0 Å². The van der Waals surface area contributed by atoms with Crippen molar-refractivity contribution < 1.29 is -8.61 Å². The summed E-state index contributed by atoms with van der Waals surface area (Å²) >= 11 is 15.4. The fourth-order valence-electron chi connectivity index (χ4n) is 0. The van der Waals surface area contributed by atoms with Crippen molar-refractivity contribution >= 4 is 118 Å². The third-order valence-electron chi connectivity index (χ3n) is 0. The topological polar surface area (TPSA) is 110 Å². The molecule has 0 spiro atoms. The molecule has 0 radical (unpaired) electrons. The van der Waals surface area contributed by atoms with Crippen LogP contribution in [0, 0.1) is 0 Å². The van der Waals surface area contributed by atoms with Crippen LogP contribution < -0.4 is 18.5 Å². The van der Waals surface area contributed by atoms with Crippen LogP contribution in [0.5, 0.6) is 0 Å². The smallest absolute Gasteiger partial charge is 0.369 e. The summed E-state index contributed by atoms with van der Waals surface area (Å²) in [5.74, 6) is 0. The molecular formula is H12I6IrN3. The molecule has 0 aromatic carbocycles. The van der Waals surface area contributed by atoms with E-state index in [9.17, 15) is 0 Å². The molecule has 0 saturated heterocycles. The maximum absolute atomic E-state index is 2.57. The molecule has 0 fully saturated rings. The van der Waals surface area contributed by atoms with Gasteiger partial charge in [0.05, 0.1) is 0 Å². The first-order valence-corrected chi connectivity index (χ1v) is 41.5. The summed E-state index contributed by atoms with van der Waals surface area (Å²) in [5, 5.41) is 0. The second kappa shape index (κ2) is 5.85. The average molecular weight is 1010 g/mol. The van der Waals surface area contributed by atoms with Crippen molar-refractivity contribution in [3.8, 4) is 0 Å². The molecule has 0 aliphatic heterocycles. The van der Waals surface area contributed by atoms with Gasteiger partial charge in [-0.3, -0.25) is 0 Å². The first-order chi connectivity index (χ1) is 2.45. The number of hydrogen-bond acceptors (Lipinski definition) is 0. The van der Waals surface area contributed by atoms with Gasteiger partial charge in [0.25, 0.3) is 0 Å². The van der Waals surface area contributed by atoms with Gasteiger partial charge in [0.15, 0.2) is 0 Å². The molecule has 12 N–H and O–H groups in total. The van der Waals surface area contributed by atoms with Crippen molar-refractivity contribution in [2.45, 2.75) is 0 Å². The van der Waals surface area contributed by atoms with Gasteiger partial charge in [-0.15, -0.1) is 0 Å². The molecule has 10 heteroatoms. The van der Waals surface area contributed by atoms with Gasteiger partial charge >= 0.3 is 109 Å². The van der Waals surface area contributed by atoms with Gasteiger partial charge in [0.1, 0.15) is 0 Å². The van der Waals surface area contributed by atoms with Crippen LogP contribution in [0.3, 0.4) is 0 Å². The molecule has 0 rings (SSSR count). The first kappa shape index (κ1) is 24.2. The SMILES string of the molecule is [I][Ir-3]([I])([I])([I])([I])[I].[NH4+].[NH4+].[NH4+]. The van der Waals surface area contributed by atoms with E-state index < -0.39 is -8.61 Å². The summed E-state index contributed by atoms with van der Waals surface area (Å²) in [6, 6.07) is 0. The summed E-state index contributed by atoms with van der Waals surface area (Å²) in [5.41, 5.74) is 0. The first-order valence-electron chi connectivity index (χ1n) is 0.756. The minimum Gasteiger partial charge on any atom is -0.369 e. The summed E-state index contributed by atoms with van der Waals surface area (Å²) in [6.07, 6.45) is 0. The predicted molar refractivity (Wildman–Crippen MR) is 102 cm³/mol. The molecule has 0 aliphatic carbocycles. The van der Waals surface area contributed by atoms with Crippen LogP contribution in [0.25, 0.3) is 0 Å². The Bertz CT molecular complexity index is 71.6. The van der Waals surface area contributed by atoms with Gasteiger partial charge in [-0.05, 0) is 0 Å². The zero-order chi connectivity index (χ0) is 6.41. The second-order valence-electron chi connectivity index (χ2n) is 0.714. The molecule has 0 unspecified atom stereocenters. The molecule has 0 atom stereocenters. The molecule has 3 nitrogen and oxygen atoms in total. The zero-order valence-corrected chi connectivity index (χ0v) is 20.9. The van der Waals surface area contributed by atoms with Crippen LogP contribution in [0.2, 0.25) is 0 Å². The molecular weight excluding hydrogens is 996 g/mol. The van der Waals surface area contributed by atoms with E-state index >= 15 is 0 Å². The molecule has 0 bridgehead atoms. The van der Waals surface area contributed by atoms with Crippen LogP contribution in [-0.2, 0) is -8.61 Å². The molecule has 0 aliphatic rings. The monoisotopic (exact) mass is 1010 g/mol. The largest absolute Gasteiger partial charge is 0.369 e. The maximum atomic E-state index is 2.57. The van der Waals surface area contributed by atoms with Crippen molar-refractivity contribution in [3.63, 3.8) is 0 Å². The minimum atomic E-state index is -2.35. The van der Waals surface area contributed by atoms with Crippen molar-refractivity contribution in [1.29, 1.82) is 0 Å². The van der Waals surface area contributed by atoms with E-state index in [-0.39, 0.29) is 18.5 Å². The van der Waals surface area contributed by atoms with Crippen LogP contribution in [0.15, 0.2) is 0 Å². The molecule has 0 aromatic rings. The van der Waals surface area contributed by atoms with E-state index in [4.69, 9.17) is 0 Å². The Morgan fingerprint density at radius 2 is 0.500 bits per heavy atom. The third-order valence-corrected chi connectivity index (χ3v) is 0. The number of halogens is 6. The van der Waals surface area contributed by atoms with Crippen LogP contribution in [0.4, 0.5) is 0 Å². The van der Waals surface area contributed by atoms with Crippen molar-refractivity contribution in [1.82, 2.24) is 18.5 Å². The van der Waals surface area contributed by atoms with Crippen molar-refractivity contribution in [3.05, 3.63) is 0 Å². The quantitative estimate of drug-likeness (QED) is 0.233. The zero-order valence-electron chi connectivity index (χ0n) is 5.60. The van der Waals surface area contributed by atoms with Crippen molar-refractivity contribution in [2.24, 2.45) is 0 Å². The Kier molecular flexibility index (Phi) is 14.2. The van der Waals surface area contributed by atoms with E-state index in [2.05, 4.69) is 118 Å². The summed E-state index contributed by atoms with van der Waals surface area (Å²) in [4.78, 5) is 0. The molecule has 78 valence electrons. The van der Waals surface area contributed by atoms with Gasteiger partial charge in [-0.25, -0.2) is 0 Å². The Morgan fingerprint density at radius 3 is 0.500 bits per heavy atom. The Hall–Kier alpha value is 4.91. The van der Waals surface area contributed by atoms with E-state index in [1.807, 2.05) is 0 Å². The minimum absolute atomic E-state index is 0. The summed E-state index contributed by atoms with van der Waals surface area (Å²) in [6.45, 7) is 0. The van der Waals surface area contributed by atoms with E-state index in [0.717, 1.165) is 0 Å². The number of quaternary nitrogens is 3. The molecule has 0 amide bonds. The maximum Gasteiger partial charge on any atom is -0.369 e. The van der Waals surface area contributed by atoms with Crippen LogP contribution in [0.1, 0.15) is 0 Å². The summed E-state index contributed by atoms with van der Waals surface area (Å²) < 4.78 is -2.35. The molecule has 0 saturated carbocycles. The standard InChI is InChI=1S/6HI.Ir.3H3N/h6*1H;;3*1H3/q;;;;;;+3;;;/p-3. The fourth-order valence-corrected chi connectivity index (χ4v) is 0. The van der Waals surface area contributed by atoms with E-state index in [0.29, 0.717) is 0 Å². The van der Waals surface area contributed by atoms with Crippen molar-refractivity contribution in [2.75, 3.05) is 0 Å². The van der Waals surface area contributed by atoms with Gasteiger partial charge in [-0.2, -0.15) is 0 Å². The Balaban J connectivity index is -0.0000000600. The Morgan fingerprint density at radius 1 is 0.500 bits per heavy atom. The number of rotatable bonds is 0. The summed E-state index contributed by atoms with van der Waals surface area (Å²) in [7, 11) is 0. The van der Waals surface area contributed by atoms with E-state index in [1.165, 1.54) is 0 Å². The predicted octanol–water partition coefficient (Wildman–Crippen LogP) is 6.44. The second-order valence-corrected chi connectivity index (χ2v) is 263. The number of hydrogen-bond donors (Lipinski definition) is 3. The van der Waals surface area contributed by atoms with Gasteiger partial charge in [-0.1, -0.05) is 0 Å². The van der Waals surface area contributed by atoms with Crippen LogP contribution in [-0.4, -0.2) is 0 Å². The van der Waals surface area contributed by atoms with Gasteiger partial charge in [0, 0.05) is 0 Å².